The zero-order valence-corrected chi connectivity index (χ0v) is 15.1. The van der Waals surface area contributed by atoms with Gasteiger partial charge in [0, 0.05) is 6.42 Å². The average Bonchev–Trinajstić information content (AvgIpc) is 2.69. The number of methoxy groups -OCH3 is 1. The van der Waals surface area contributed by atoms with Crippen molar-refractivity contribution in [1.29, 1.82) is 0 Å². The van der Waals surface area contributed by atoms with Crippen molar-refractivity contribution in [3.05, 3.63) is 53.6 Å². The first-order chi connectivity index (χ1) is 13.3. The maximum absolute atomic E-state index is 12.5. The lowest BCUT2D eigenvalue weighted by molar-refractivity contribution is -0.137. The Morgan fingerprint density at radius 1 is 1.14 bits per heavy atom. The zero-order valence-electron chi connectivity index (χ0n) is 15.1. The number of alkyl halides is 3. The molecule has 2 N–H and O–H groups in total. The number of hydrazine groups is 1. The van der Waals surface area contributed by atoms with Crippen molar-refractivity contribution in [1.82, 2.24) is 5.43 Å². The molecule has 2 aromatic carbocycles. The third kappa shape index (κ3) is 6.13. The molecule has 0 fully saturated rings. The van der Waals surface area contributed by atoms with E-state index in [0.29, 0.717) is 23.6 Å². The number of carbonyl (C=O) groups is 1. The van der Waals surface area contributed by atoms with Crippen molar-refractivity contribution >= 4 is 11.6 Å². The second kappa shape index (κ2) is 9.55. The van der Waals surface area contributed by atoms with E-state index in [2.05, 4.69) is 16.8 Å². The van der Waals surface area contributed by atoms with Crippen molar-refractivity contribution in [3.63, 3.8) is 0 Å². The SMILES string of the molecule is C#CCOc1ccc(CCC(=O)NNc2ccc(C(F)(F)F)cc2)cc1OC. The molecule has 28 heavy (non-hydrogen) atoms. The highest BCUT2D eigenvalue weighted by atomic mass is 19.4. The first kappa shape index (κ1) is 21.0. The minimum Gasteiger partial charge on any atom is -0.493 e. The fourth-order valence-corrected chi connectivity index (χ4v) is 2.31. The van der Waals surface area contributed by atoms with E-state index in [1.54, 1.807) is 18.2 Å². The molecule has 8 heteroatoms. The van der Waals surface area contributed by atoms with E-state index in [1.165, 1.54) is 19.2 Å². The maximum Gasteiger partial charge on any atom is 0.416 e. The van der Waals surface area contributed by atoms with Crippen molar-refractivity contribution in [2.75, 3.05) is 19.1 Å². The lowest BCUT2D eigenvalue weighted by Gasteiger charge is -2.12. The van der Waals surface area contributed by atoms with Crippen LogP contribution in [0.15, 0.2) is 42.5 Å². The van der Waals surface area contributed by atoms with Gasteiger partial charge in [0.2, 0.25) is 5.91 Å². The normalized spacial score (nSPS) is 10.7. The molecule has 2 rings (SSSR count). The summed E-state index contributed by atoms with van der Waals surface area (Å²) in [4.78, 5) is 11.9. The van der Waals surface area contributed by atoms with Crippen LogP contribution in [0.4, 0.5) is 18.9 Å². The highest BCUT2D eigenvalue weighted by Crippen LogP contribution is 2.30. The zero-order chi connectivity index (χ0) is 20.6. The van der Waals surface area contributed by atoms with E-state index in [0.717, 1.165) is 17.7 Å². The van der Waals surface area contributed by atoms with E-state index < -0.39 is 11.7 Å². The highest BCUT2D eigenvalue weighted by Gasteiger charge is 2.29. The van der Waals surface area contributed by atoms with Gasteiger partial charge in [0.1, 0.15) is 6.61 Å². The van der Waals surface area contributed by atoms with Crippen molar-refractivity contribution < 1.29 is 27.4 Å². The van der Waals surface area contributed by atoms with Crippen LogP contribution < -0.4 is 20.3 Å². The van der Waals surface area contributed by atoms with Gasteiger partial charge in [0.25, 0.3) is 0 Å². The minimum absolute atomic E-state index is 0.119. The van der Waals surface area contributed by atoms with Crippen LogP contribution in [0, 0.1) is 12.3 Å². The lowest BCUT2D eigenvalue weighted by Crippen LogP contribution is -2.29. The molecule has 0 spiro atoms. The number of halogens is 3. The Balaban J connectivity index is 1.84. The Bertz CT molecular complexity index is 843. The molecule has 0 aliphatic rings. The predicted molar refractivity (Wildman–Crippen MR) is 98.9 cm³/mol. The van der Waals surface area contributed by atoms with Crippen LogP contribution in [0.25, 0.3) is 0 Å². The van der Waals surface area contributed by atoms with Gasteiger partial charge in [-0.1, -0.05) is 12.0 Å². The minimum atomic E-state index is -4.40. The van der Waals surface area contributed by atoms with Gasteiger partial charge in [0.05, 0.1) is 18.4 Å². The van der Waals surface area contributed by atoms with E-state index in [9.17, 15) is 18.0 Å². The van der Waals surface area contributed by atoms with Crippen LogP contribution in [0.5, 0.6) is 11.5 Å². The molecule has 5 nitrogen and oxygen atoms in total. The molecule has 0 unspecified atom stereocenters. The molecule has 0 bridgehead atoms. The Kier molecular flexibility index (Phi) is 7.15. The smallest absolute Gasteiger partial charge is 0.416 e. The summed E-state index contributed by atoms with van der Waals surface area (Å²) in [5.74, 6) is 3.08. The van der Waals surface area contributed by atoms with E-state index >= 15 is 0 Å². The molecule has 0 aliphatic carbocycles. The number of hydrogen-bond donors (Lipinski definition) is 2. The topological polar surface area (TPSA) is 59.6 Å². The Labute approximate surface area is 160 Å². The average molecular weight is 392 g/mol. The van der Waals surface area contributed by atoms with Crippen LogP contribution in [0.3, 0.4) is 0 Å². The second-order valence-corrected chi connectivity index (χ2v) is 5.73. The van der Waals surface area contributed by atoms with Crippen LogP contribution in [0.2, 0.25) is 0 Å². The largest absolute Gasteiger partial charge is 0.493 e. The predicted octanol–water partition coefficient (Wildman–Crippen LogP) is 3.80. The molecule has 0 aliphatic heterocycles. The number of benzene rings is 2. The van der Waals surface area contributed by atoms with Crippen LogP contribution >= 0.6 is 0 Å². The Morgan fingerprint density at radius 3 is 2.46 bits per heavy atom. The van der Waals surface area contributed by atoms with Gasteiger partial charge in [-0.3, -0.25) is 15.6 Å². The number of rotatable bonds is 8. The molecule has 0 atom stereocenters. The van der Waals surface area contributed by atoms with Crippen molar-refractivity contribution in [3.8, 4) is 23.8 Å². The summed E-state index contributed by atoms with van der Waals surface area (Å²) in [7, 11) is 1.50. The van der Waals surface area contributed by atoms with Gasteiger partial charge in [0.15, 0.2) is 11.5 Å². The van der Waals surface area contributed by atoms with Gasteiger partial charge >= 0.3 is 6.18 Å². The number of hydrogen-bond acceptors (Lipinski definition) is 4. The number of terminal acetylenes is 1. The molecule has 0 saturated heterocycles. The maximum atomic E-state index is 12.5. The summed E-state index contributed by atoms with van der Waals surface area (Å²) in [5.41, 5.74) is 5.48. The van der Waals surface area contributed by atoms with Crippen LogP contribution in [0.1, 0.15) is 17.5 Å². The number of anilines is 1. The third-order valence-electron chi connectivity index (χ3n) is 3.74. The first-order valence-electron chi connectivity index (χ1n) is 8.28. The molecule has 2 aromatic rings. The summed E-state index contributed by atoms with van der Waals surface area (Å²) < 4.78 is 48.2. The summed E-state index contributed by atoms with van der Waals surface area (Å²) in [6.45, 7) is 0.119. The number of aryl methyl sites for hydroxylation is 1. The van der Waals surface area contributed by atoms with Crippen molar-refractivity contribution in [2.45, 2.75) is 19.0 Å². The third-order valence-corrected chi connectivity index (χ3v) is 3.74. The Hall–Kier alpha value is -3.34. The molecule has 1 amide bonds. The molecule has 0 aromatic heterocycles. The van der Waals surface area contributed by atoms with Gasteiger partial charge in [-0.2, -0.15) is 13.2 Å². The van der Waals surface area contributed by atoms with E-state index in [-0.39, 0.29) is 18.9 Å². The van der Waals surface area contributed by atoms with Gasteiger partial charge in [-0.25, -0.2) is 0 Å². The lowest BCUT2D eigenvalue weighted by atomic mass is 10.1. The van der Waals surface area contributed by atoms with Gasteiger partial charge < -0.3 is 9.47 Å². The molecule has 0 radical (unpaired) electrons. The fourth-order valence-electron chi connectivity index (χ4n) is 2.31. The number of nitrogens with one attached hydrogen (secondary N) is 2. The van der Waals surface area contributed by atoms with E-state index in [1.807, 2.05) is 0 Å². The van der Waals surface area contributed by atoms with Gasteiger partial charge in [-0.15, -0.1) is 6.42 Å². The highest BCUT2D eigenvalue weighted by molar-refractivity contribution is 5.77. The molecule has 0 heterocycles. The molecular weight excluding hydrogens is 373 g/mol. The second-order valence-electron chi connectivity index (χ2n) is 5.73. The summed E-state index contributed by atoms with van der Waals surface area (Å²) in [5, 5.41) is 0. The Morgan fingerprint density at radius 2 is 1.86 bits per heavy atom. The first-order valence-corrected chi connectivity index (χ1v) is 8.28. The molecule has 0 saturated carbocycles. The fraction of sp³-hybridized carbons (Fsp3) is 0.250. The molecular formula is C20H19F3N2O3. The quantitative estimate of drug-likeness (QED) is 0.530. The number of carbonyl (C=O) groups excluding carboxylic acids is 1. The van der Waals surface area contributed by atoms with Gasteiger partial charge in [-0.05, 0) is 48.4 Å². The standard InChI is InChI=1S/C20H19F3N2O3/c1-3-12-28-17-10-4-14(13-18(17)27-2)5-11-19(26)25-24-16-8-6-15(7-9-16)20(21,22)23/h1,4,6-10,13,24H,5,11-12H2,2H3,(H,25,26). The van der Waals surface area contributed by atoms with E-state index in [4.69, 9.17) is 15.9 Å². The number of ether oxygens (including phenoxy) is 2. The summed E-state index contributed by atoms with van der Waals surface area (Å²) in [6.07, 6.45) is 1.37. The monoisotopic (exact) mass is 392 g/mol. The number of amides is 1. The molecule has 148 valence electrons. The van der Waals surface area contributed by atoms with Crippen LogP contribution in [-0.2, 0) is 17.4 Å². The van der Waals surface area contributed by atoms with Crippen LogP contribution in [-0.4, -0.2) is 19.6 Å². The van der Waals surface area contributed by atoms with Crippen molar-refractivity contribution in [2.24, 2.45) is 0 Å². The summed E-state index contributed by atoms with van der Waals surface area (Å²) in [6, 6.07) is 9.61. The summed E-state index contributed by atoms with van der Waals surface area (Å²) >= 11 is 0.